The number of nitrogens with one attached hydrogen (secondary N) is 1. The molecule has 0 bridgehead atoms. The number of benzene rings is 1. The standard InChI is InChI=1S/C15H20N2O2S/c1-10(2)19-12-6-4-11(5-7-12)14(17-16)15-13(18-3)8-9-20-15/h4-10,14,17H,16H2,1-3H3. The van der Waals surface area contributed by atoms with Crippen LogP contribution in [0.5, 0.6) is 11.5 Å². The van der Waals surface area contributed by atoms with Crippen molar-refractivity contribution < 1.29 is 9.47 Å². The lowest BCUT2D eigenvalue weighted by Crippen LogP contribution is -2.28. The first-order chi connectivity index (χ1) is 9.65. The zero-order valence-electron chi connectivity index (χ0n) is 11.9. The first-order valence-electron chi connectivity index (χ1n) is 6.49. The van der Waals surface area contributed by atoms with Gasteiger partial charge in [-0.2, -0.15) is 0 Å². The third-order valence-electron chi connectivity index (χ3n) is 2.89. The molecule has 0 saturated heterocycles. The van der Waals surface area contributed by atoms with Gasteiger partial charge in [-0.3, -0.25) is 5.84 Å². The van der Waals surface area contributed by atoms with Crippen LogP contribution in [0.2, 0.25) is 0 Å². The molecule has 108 valence electrons. The van der Waals surface area contributed by atoms with Crippen LogP contribution in [0.25, 0.3) is 0 Å². The molecule has 1 atom stereocenters. The molecule has 2 rings (SSSR count). The summed E-state index contributed by atoms with van der Waals surface area (Å²) in [7, 11) is 1.67. The van der Waals surface area contributed by atoms with Crippen LogP contribution in [0.15, 0.2) is 35.7 Å². The monoisotopic (exact) mass is 292 g/mol. The largest absolute Gasteiger partial charge is 0.496 e. The maximum atomic E-state index is 5.71. The minimum Gasteiger partial charge on any atom is -0.496 e. The number of hydrogen-bond acceptors (Lipinski definition) is 5. The van der Waals surface area contributed by atoms with Crippen molar-refractivity contribution in [3.8, 4) is 11.5 Å². The van der Waals surface area contributed by atoms with Crippen LogP contribution in [-0.2, 0) is 0 Å². The number of ether oxygens (including phenoxy) is 2. The van der Waals surface area contributed by atoms with Gasteiger partial charge in [-0.25, -0.2) is 5.43 Å². The molecular formula is C15H20N2O2S. The smallest absolute Gasteiger partial charge is 0.134 e. The Hall–Kier alpha value is -1.56. The average molecular weight is 292 g/mol. The van der Waals surface area contributed by atoms with Gasteiger partial charge in [-0.15, -0.1) is 11.3 Å². The van der Waals surface area contributed by atoms with Gasteiger partial charge < -0.3 is 9.47 Å². The van der Waals surface area contributed by atoms with E-state index in [9.17, 15) is 0 Å². The summed E-state index contributed by atoms with van der Waals surface area (Å²) in [6.45, 7) is 4.02. The molecule has 1 heterocycles. The van der Waals surface area contributed by atoms with Crippen molar-refractivity contribution in [2.45, 2.75) is 26.0 Å². The van der Waals surface area contributed by atoms with Crippen molar-refractivity contribution in [2.24, 2.45) is 5.84 Å². The lowest BCUT2D eigenvalue weighted by molar-refractivity contribution is 0.242. The lowest BCUT2D eigenvalue weighted by atomic mass is 10.1. The van der Waals surface area contributed by atoms with Gasteiger partial charge in [0, 0.05) is 0 Å². The highest BCUT2D eigenvalue weighted by Gasteiger charge is 2.18. The molecule has 5 heteroatoms. The number of hydrogen-bond donors (Lipinski definition) is 2. The average Bonchev–Trinajstić information content (AvgIpc) is 2.89. The summed E-state index contributed by atoms with van der Waals surface area (Å²) in [5, 5.41) is 1.99. The fourth-order valence-corrected chi connectivity index (χ4v) is 2.97. The third-order valence-corrected chi connectivity index (χ3v) is 3.85. The van der Waals surface area contributed by atoms with Crippen molar-refractivity contribution >= 4 is 11.3 Å². The minimum atomic E-state index is -0.0851. The van der Waals surface area contributed by atoms with Gasteiger partial charge in [0.1, 0.15) is 11.5 Å². The first-order valence-corrected chi connectivity index (χ1v) is 7.37. The predicted molar refractivity (Wildman–Crippen MR) is 82.2 cm³/mol. The molecule has 0 amide bonds. The summed E-state index contributed by atoms with van der Waals surface area (Å²) in [5.41, 5.74) is 3.92. The normalized spacial score (nSPS) is 12.4. The van der Waals surface area contributed by atoms with Crippen molar-refractivity contribution in [1.29, 1.82) is 0 Å². The van der Waals surface area contributed by atoms with Gasteiger partial charge >= 0.3 is 0 Å². The zero-order chi connectivity index (χ0) is 14.5. The highest BCUT2D eigenvalue weighted by atomic mass is 32.1. The van der Waals surface area contributed by atoms with Gasteiger partial charge in [0.2, 0.25) is 0 Å². The van der Waals surface area contributed by atoms with E-state index in [-0.39, 0.29) is 12.1 Å². The van der Waals surface area contributed by atoms with Crippen molar-refractivity contribution in [1.82, 2.24) is 5.43 Å². The van der Waals surface area contributed by atoms with Crippen LogP contribution >= 0.6 is 11.3 Å². The van der Waals surface area contributed by atoms with E-state index >= 15 is 0 Å². The second-order valence-corrected chi connectivity index (χ2v) is 5.64. The van der Waals surface area contributed by atoms with E-state index in [1.165, 1.54) is 0 Å². The van der Waals surface area contributed by atoms with E-state index in [2.05, 4.69) is 5.43 Å². The molecule has 0 spiro atoms. The summed E-state index contributed by atoms with van der Waals surface area (Å²) in [4.78, 5) is 1.06. The molecule has 4 nitrogen and oxygen atoms in total. The summed E-state index contributed by atoms with van der Waals surface area (Å²) in [6, 6.07) is 9.81. The van der Waals surface area contributed by atoms with Crippen LogP contribution < -0.4 is 20.7 Å². The molecule has 0 aliphatic heterocycles. The highest BCUT2D eigenvalue weighted by molar-refractivity contribution is 7.10. The van der Waals surface area contributed by atoms with E-state index < -0.39 is 0 Å². The van der Waals surface area contributed by atoms with Crippen molar-refractivity contribution in [2.75, 3.05) is 7.11 Å². The van der Waals surface area contributed by atoms with E-state index in [0.29, 0.717) is 0 Å². The number of hydrazine groups is 1. The molecule has 0 aliphatic carbocycles. The molecule has 1 unspecified atom stereocenters. The number of methoxy groups -OCH3 is 1. The molecule has 0 aliphatic rings. The topological polar surface area (TPSA) is 56.5 Å². The van der Waals surface area contributed by atoms with Gasteiger partial charge in [0.25, 0.3) is 0 Å². The Morgan fingerprint density at radius 2 is 1.85 bits per heavy atom. The SMILES string of the molecule is COc1ccsc1C(NN)c1ccc(OC(C)C)cc1. The van der Waals surface area contributed by atoms with Gasteiger partial charge in [-0.1, -0.05) is 12.1 Å². The van der Waals surface area contributed by atoms with Gasteiger partial charge in [0.15, 0.2) is 0 Å². The Balaban J connectivity index is 2.24. The van der Waals surface area contributed by atoms with E-state index in [0.717, 1.165) is 21.9 Å². The highest BCUT2D eigenvalue weighted by Crippen LogP contribution is 2.34. The fourth-order valence-electron chi connectivity index (χ4n) is 2.02. The Labute approximate surface area is 123 Å². The Morgan fingerprint density at radius 3 is 2.40 bits per heavy atom. The maximum Gasteiger partial charge on any atom is 0.134 e. The van der Waals surface area contributed by atoms with E-state index in [4.69, 9.17) is 15.3 Å². The second-order valence-electron chi connectivity index (χ2n) is 4.69. The molecule has 1 aromatic carbocycles. The zero-order valence-corrected chi connectivity index (χ0v) is 12.7. The Bertz CT molecular complexity index is 537. The van der Waals surface area contributed by atoms with Crippen LogP contribution in [0, 0.1) is 0 Å². The summed E-state index contributed by atoms with van der Waals surface area (Å²) < 4.78 is 11.0. The molecule has 0 fully saturated rings. The molecular weight excluding hydrogens is 272 g/mol. The van der Waals surface area contributed by atoms with Gasteiger partial charge in [-0.05, 0) is 43.0 Å². The van der Waals surface area contributed by atoms with Crippen molar-refractivity contribution in [3.63, 3.8) is 0 Å². The molecule has 1 aromatic heterocycles. The number of thiophene rings is 1. The molecule has 3 N–H and O–H groups in total. The molecule has 20 heavy (non-hydrogen) atoms. The van der Waals surface area contributed by atoms with E-state index in [1.807, 2.05) is 49.6 Å². The van der Waals surface area contributed by atoms with Crippen LogP contribution in [0.4, 0.5) is 0 Å². The van der Waals surface area contributed by atoms with Crippen LogP contribution in [0.1, 0.15) is 30.3 Å². The summed E-state index contributed by atoms with van der Waals surface area (Å²) in [5.74, 6) is 7.41. The Kier molecular flexibility index (Phi) is 5.00. The predicted octanol–water partition coefficient (Wildman–Crippen LogP) is 3.10. The summed E-state index contributed by atoms with van der Waals surface area (Å²) in [6.07, 6.45) is 0.168. The number of rotatable bonds is 6. The fraction of sp³-hybridized carbons (Fsp3) is 0.333. The molecule has 0 saturated carbocycles. The lowest BCUT2D eigenvalue weighted by Gasteiger charge is -2.17. The van der Waals surface area contributed by atoms with E-state index in [1.54, 1.807) is 18.4 Å². The van der Waals surface area contributed by atoms with Gasteiger partial charge in [0.05, 0.1) is 24.1 Å². The quantitative estimate of drug-likeness (QED) is 0.634. The molecule has 0 radical (unpaired) electrons. The van der Waals surface area contributed by atoms with Crippen LogP contribution in [0.3, 0.4) is 0 Å². The maximum absolute atomic E-state index is 5.71. The van der Waals surface area contributed by atoms with Crippen molar-refractivity contribution in [3.05, 3.63) is 46.2 Å². The second kappa shape index (κ2) is 6.74. The summed E-state index contributed by atoms with van der Waals surface area (Å²) >= 11 is 1.62. The minimum absolute atomic E-state index is 0.0851. The van der Waals surface area contributed by atoms with Crippen LogP contribution in [-0.4, -0.2) is 13.2 Å². The number of nitrogens with two attached hydrogens (primary N) is 1. The first kappa shape index (κ1) is 14.8. The third kappa shape index (κ3) is 3.30. The Morgan fingerprint density at radius 1 is 1.15 bits per heavy atom. The molecule has 2 aromatic rings.